The molecule has 5 nitrogen and oxygen atoms in total. The van der Waals surface area contributed by atoms with Gasteiger partial charge in [-0.1, -0.05) is 6.07 Å². The fourth-order valence-electron chi connectivity index (χ4n) is 2.33. The van der Waals surface area contributed by atoms with E-state index in [0.717, 1.165) is 22.0 Å². The Morgan fingerprint density at radius 3 is 2.68 bits per heavy atom. The second-order valence-electron chi connectivity index (χ2n) is 5.57. The molecule has 0 bridgehead atoms. The van der Waals surface area contributed by atoms with Gasteiger partial charge in [-0.2, -0.15) is 0 Å². The SMILES string of the molecule is COc1ccc(C)cc1NC(=O)C[NH+](C)Cc1ccc(C)o1. The van der Waals surface area contributed by atoms with Gasteiger partial charge in [0.25, 0.3) is 5.91 Å². The molecule has 2 aromatic rings. The fourth-order valence-corrected chi connectivity index (χ4v) is 2.33. The van der Waals surface area contributed by atoms with Crippen molar-refractivity contribution in [1.82, 2.24) is 0 Å². The summed E-state index contributed by atoms with van der Waals surface area (Å²) in [5.41, 5.74) is 1.78. The zero-order chi connectivity index (χ0) is 16.1. The maximum absolute atomic E-state index is 12.2. The largest absolute Gasteiger partial charge is 0.495 e. The van der Waals surface area contributed by atoms with Gasteiger partial charge >= 0.3 is 0 Å². The van der Waals surface area contributed by atoms with Crippen molar-refractivity contribution < 1.29 is 18.8 Å². The second kappa shape index (κ2) is 7.13. The fraction of sp³-hybridized carbons (Fsp3) is 0.353. The van der Waals surface area contributed by atoms with Crippen molar-refractivity contribution in [2.75, 3.05) is 26.0 Å². The molecule has 0 aliphatic carbocycles. The third-order valence-corrected chi connectivity index (χ3v) is 3.36. The van der Waals surface area contributed by atoms with E-state index in [1.54, 1.807) is 7.11 Å². The van der Waals surface area contributed by atoms with Crippen LogP contribution in [-0.2, 0) is 11.3 Å². The molecule has 5 heteroatoms. The van der Waals surface area contributed by atoms with Crippen LogP contribution in [0.4, 0.5) is 5.69 Å². The summed E-state index contributed by atoms with van der Waals surface area (Å²) >= 11 is 0. The first-order valence-corrected chi connectivity index (χ1v) is 7.29. The predicted octanol–water partition coefficient (Wildman–Crippen LogP) is 1.56. The summed E-state index contributed by atoms with van der Waals surface area (Å²) in [4.78, 5) is 13.2. The Bertz CT molecular complexity index is 649. The van der Waals surface area contributed by atoms with E-state index in [9.17, 15) is 4.79 Å². The van der Waals surface area contributed by atoms with Gasteiger partial charge in [0.05, 0.1) is 19.8 Å². The van der Waals surface area contributed by atoms with Gasteiger partial charge < -0.3 is 19.4 Å². The van der Waals surface area contributed by atoms with Crippen LogP contribution in [0.15, 0.2) is 34.7 Å². The van der Waals surface area contributed by atoms with Gasteiger partial charge in [0.1, 0.15) is 18.1 Å². The summed E-state index contributed by atoms with van der Waals surface area (Å²) in [6.07, 6.45) is 0. The van der Waals surface area contributed by atoms with Crippen molar-refractivity contribution in [2.24, 2.45) is 0 Å². The quantitative estimate of drug-likeness (QED) is 0.851. The molecule has 0 aliphatic heterocycles. The van der Waals surface area contributed by atoms with Crippen molar-refractivity contribution in [1.29, 1.82) is 0 Å². The number of carbonyl (C=O) groups is 1. The minimum absolute atomic E-state index is 0.0512. The minimum Gasteiger partial charge on any atom is -0.495 e. The van der Waals surface area contributed by atoms with Crippen LogP contribution in [0.1, 0.15) is 17.1 Å². The van der Waals surface area contributed by atoms with Crippen molar-refractivity contribution >= 4 is 11.6 Å². The number of furan rings is 1. The van der Waals surface area contributed by atoms with E-state index in [0.29, 0.717) is 24.5 Å². The smallest absolute Gasteiger partial charge is 0.279 e. The molecule has 1 unspecified atom stereocenters. The summed E-state index contributed by atoms with van der Waals surface area (Å²) in [5.74, 6) is 2.38. The number of anilines is 1. The summed E-state index contributed by atoms with van der Waals surface area (Å²) in [6.45, 7) is 4.92. The Kier molecular flexibility index (Phi) is 5.22. The lowest BCUT2D eigenvalue weighted by Gasteiger charge is -2.14. The van der Waals surface area contributed by atoms with Crippen molar-refractivity contribution in [2.45, 2.75) is 20.4 Å². The summed E-state index contributed by atoms with van der Waals surface area (Å²) < 4.78 is 10.8. The lowest BCUT2D eigenvalue weighted by atomic mass is 10.2. The maximum atomic E-state index is 12.2. The molecule has 22 heavy (non-hydrogen) atoms. The van der Waals surface area contributed by atoms with Gasteiger partial charge in [-0.05, 0) is 43.7 Å². The number of nitrogens with one attached hydrogen (secondary N) is 2. The molecule has 0 aliphatic rings. The first kappa shape index (κ1) is 16.1. The Hall–Kier alpha value is -2.27. The van der Waals surface area contributed by atoms with Crippen molar-refractivity contribution in [3.8, 4) is 5.75 Å². The van der Waals surface area contributed by atoms with Crippen LogP contribution in [0.5, 0.6) is 5.75 Å². The highest BCUT2D eigenvalue weighted by molar-refractivity contribution is 5.93. The Morgan fingerprint density at radius 1 is 1.27 bits per heavy atom. The number of quaternary nitrogens is 1. The number of carbonyl (C=O) groups excluding carboxylic acids is 1. The third kappa shape index (κ3) is 4.36. The Morgan fingerprint density at radius 2 is 2.05 bits per heavy atom. The van der Waals surface area contributed by atoms with Crippen molar-refractivity contribution in [3.05, 3.63) is 47.4 Å². The van der Waals surface area contributed by atoms with E-state index in [1.807, 2.05) is 51.2 Å². The van der Waals surface area contributed by atoms with E-state index < -0.39 is 0 Å². The van der Waals surface area contributed by atoms with Gasteiger partial charge in [0.2, 0.25) is 0 Å². The average molecular weight is 303 g/mol. The van der Waals surface area contributed by atoms with Crippen LogP contribution in [0.3, 0.4) is 0 Å². The van der Waals surface area contributed by atoms with E-state index in [4.69, 9.17) is 9.15 Å². The minimum atomic E-state index is -0.0512. The van der Waals surface area contributed by atoms with Crippen LogP contribution in [0, 0.1) is 13.8 Å². The van der Waals surface area contributed by atoms with Gasteiger partial charge in [-0.25, -0.2) is 0 Å². The summed E-state index contributed by atoms with van der Waals surface area (Å²) in [6, 6.07) is 9.58. The molecule has 2 N–H and O–H groups in total. The molecular formula is C17H23N2O3+. The van der Waals surface area contributed by atoms with E-state index >= 15 is 0 Å². The summed E-state index contributed by atoms with van der Waals surface area (Å²) in [7, 11) is 3.56. The van der Waals surface area contributed by atoms with Crippen LogP contribution < -0.4 is 15.0 Å². The third-order valence-electron chi connectivity index (χ3n) is 3.36. The number of likely N-dealkylation sites (N-methyl/N-ethyl adjacent to an activating group) is 1. The number of hydrogen-bond donors (Lipinski definition) is 2. The number of aryl methyl sites for hydroxylation is 2. The van der Waals surface area contributed by atoms with Gasteiger partial charge in [0.15, 0.2) is 12.3 Å². The highest BCUT2D eigenvalue weighted by Gasteiger charge is 2.14. The Labute approximate surface area is 130 Å². The van der Waals surface area contributed by atoms with Crippen LogP contribution in [0.25, 0.3) is 0 Å². The molecule has 0 fully saturated rings. The highest BCUT2D eigenvalue weighted by Crippen LogP contribution is 2.24. The molecule has 1 aromatic heterocycles. The molecule has 1 heterocycles. The first-order chi connectivity index (χ1) is 10.5. The standard InChI is InChI=1S/C17H22N2O3/c1-12-5-8-16(21-4)15(9-12)18-17(20)11-19(3)10-14-7-6-13(2)22-14/h5-9H,10-11H2,1-4H3,(H,18,20)/p+1. The Balaban J connectivity index is 1.93. The molecule has 0 spiro atoms. The monoisotopic (exact) mass is 303 g/mol. The van der Waals surface area contributed by atoms with Crippen LogP contribution in [0.2, 0.25) is 0 Å². The first-order valence-electron chi connectivity index (χ1n) is 7.29. The highest BCUT2D eigenvalue weighted by atomic mass is 16.5. The second-order valence-corrected chi connectivity index (χ2v) is 5.57. The van der Waals surface area contributed by atoms with Crippen LogP contribution in [-0.4, -0.2) is 26.6 Å². The molecule has 1 amide bonds. The van der Waals surface area contributed by atoms with Crippen molar-refractivity contribution in [3.63, 3.8) is 0 Å². The zero-order valence-electron chi connectivity index (χ0n) is 13.5. The molecule has 0 saturated carbocycles. The molecular weight excluding hydrogens is 280 g/mol. The number of benzene rings is 1. The molecule has 1 aromatic carbocycles. The lowest BCUT2D eigenvalue weighted by molar-refractivity contribution is -0.886. The number of rotatable bonds is 6. The molecule has 118 valence electrons. The predicted molar refractivity (Wildman–Crippen MR) is 85.3 cm³/mol. The maximum Gasteiger partial charge on any atom is 0.279 e. The van der Waals surface area contributed by atoms with E-state index in [2.05, 4.69) is 5.32 Å². The van der Waals surface area contributed by atoms with Gasteiger partial charge in [-0.15, -0.1) is 0 Å². The van der Waals surface area contributed by atoms with Crippen LogP contribution >= 0.6 is 0 Å². The number of amides is 1. The number of ether oxygens (including phenoxy) is 1. The average Bonchev–Trinajstić information content (AvgIpc) is 2.83. The van der Waals surface area contributed by atoms with Gasteiger partial charge in [-0.3, -0.25) is 4.79 Å². The number of hydrogen-bond acceptors (Lipinski definition) is 3. The molecule has 0 saturated heterocycles. The van der Waals surface area contributed by atoms with E-state index in [1.165, 1.54) is 0 Å². The molecule has 1 atom stereocenters. The molecule has 0 radical (unpaired) electrons. The lowest BCUT2D eigenvalue weighted by Crippen LogP contribution is -3.08. The topological polar surface area (TPSA) is 55.9 Å². The zero-order valence-corrected chi connectivity index (χ0v) is 13.5. The van der Waals surface area contributed by atoms with E-state index in [-0.39, 0.29) is 5.91 Å². The molecule has 2 rings (SSSR count). The number of methoxy groups -OCH3 is 1. The summed E-state index contributed by atoms with van der Waals surface area (Å²) in [5, 5.41) is 2.91. The normalized spacial score (nSPS) is 12.0. The van der Waals surface area contributed by atoms with Gasteiger partial charge in [0, 0.05) is 0 Å².